The molecule has 1 amide bonds. The van der Waals surface area contributed by atoms with Crippen LogP contribution in [0.5, 0.6) is 0 Å². The van der Waals surface area contributed by atoms with E-state index >= 15 is 0 Å². The molecule has 4 aromatic rings. The molecule has 5 rings (SSSR count). The summed E-state index contributed by atoms with van der Waals surface area (Å²) in [4.78, 5) is 28.7. The van der Waals surface area contributed by atoms with E-state index in [1.54, 1.807) is 18.2 Å². The summed E-state index contributed by atoms with van der Waals surface area (Å²) in [5.41, 5.74) is 3.23. The fourth-order valence-electron chi connectivity index (χ4n) is 4.31. The molecule has 0 saturated carbocycles. The van der Waals surface area contributed by atoms with Gasteiger partial charge in [-0.15, -0.1) is 0 Å². The number of amides is 1. The molecule has 1 N–H and O–H groups in total. The number of hydrogen-bond acceptors (Lipinski definition) is 6. The smallest absolute Gasteiger partial charge is 0.350 e. The molecule has 0 aliphatic carbocycles. The highest BCUT2D eigenvalue weighted by Gasteiger charge is 2.35. The minimum absolute atomic E-state index is 0.114. The molecule has 8 nitrogen and oxygen atoms in total. The van der Waals surface area contributed by atoms with Crippen LogP contribution in [0.2, 0.25) is 0 Å². The van der Waals surface area contributed by atoms with Crippen molar-refractivity contribution in [3.05, 3.63) is 82.5 Å². The van der Waals surface area contributed by atoms with Gasteiger partial charge in [0.25, 0.3) is 5.91 Å². The standard InChI is InChI=1S/C24H22N4O4/c1-15-17(12-16-6-3-2-4-7-16)10-11-28(15)23(29)21-14-20(26-31-21)18-8-5-9-19(13-18)22-25-24(30)32-27-22/h2-9,13-15,17H,10-12H2,1H3,(H,25,27,30). The first kappa shape index (κ1) is 20.0. The first-order chi connectivity index (χ1) is 15.6. The number of aromatic nitrogens is 3. The molecule has 2 aromatic heterocycles. The van der Waals surface area contributed by atoms with Gasteiger partial charge in [0.2, 0.25) is 5.76 Å². The zero-order chi connectivity index (χ0) is 22.1. The highest BCUT2D eigenvalue weighted by Crippen LogP contribution is 2.30. The van der Waals surface area contributed by atoms with Gasteiger partial charge in [-0.1, -0.05) is 58.8 Å². The third kappa shape index (κ3) is 3.87. The Morgan fingerprint density at radius 3 is 2.66 bits per heavy atom. The van der Waals surface area contributed by atoms with Crippen molar-refractivity contribution in [2.45, 2.75) is 25.8 Å². The quantitative estimate of drug-likeness (QED) is 0.517. The van der Waals surface area contributed by atoms with E-state index in [1.807, 2.05) is 35.2 Å². The zero-order valence-electron chi connectivity index (χ0n) is 17.5. The summed E-state index contributed by atoms with van der Waals surface area (Å²) in [6.07, 6.45) is 1.91. The van der Waals surface area contributed by atoms with E-state index in [4.69, 9.17) is 4.52 Å². The van der Waals surface area contributed by atoms with E-state index in [2.05, 4.69) is 38.9 Å². The molecular weight excluding hydrogens is 408 g/mol. The second kappa shape index (κ2) is 8.30. The normalized spacial score (nSPS) is 18.2. The van der Waals surface area contributed by atoms with Crippen LogP contribution in [0.4, 0.5) is 0 Å². The van der Waals surface area contributed by atoms with Crippen LogP contribution < -0.4 is 5.76 Å². The fourth-order valence-corrected chi connectivity index (χ4v) is 4.31. The molecule has 3 heterocycles. The lowest BCUT2D eigenvalue weighted by Crippen LogP contribution is -2.36. The maximum absolute atomic E-state index is 13.1. The third-order valence-electron chi connectivity index (χ3n) is 6.11. The Balaban J connectivity index is 1.32. The van der Waals surface area contributed by atoms with Crippen molar-refractivity contribution >= 4 is 5.91 Å². The van der Waals surface area contributed by atoms with Crippen molar-refractivity contribution in [2.75, 3.05) is 6.54 Å². The number of hydrogen-bond donors (Lipinski definition) is 1. The zero-order valence-corrected chi connectivity index (χ0v) is 17.5. The number of carbonyl (C=O) groups is 1. The van der Waals surface area contributed by atoms with Crippen LogP contribution in [0.3, 0.4) is 0 Å². The molecule has 1 aliphatic heterocycles. The molecule has 162 valence electrons. The summed E-state index contributed by atoms with van der Waals surface area (Å²) in [6.45, 7) is 2.79. The molecule has 0 spiro atoms. The van der Waals surface area contributed by atoms with Gasteiger partial charge in [-0.2, -0.15) is 0 Å². The van der Waals surface area contributed by atoms with Gasteiger partial charge >= 0.3 is 5.76 Å². The average Bonchev–Trinajstić information content (AvgIpc) is 3.55. The average molecular weight is 430 g/mol. The van der Waals surface area contributed by atoms with E-state index in [0.717, 1.165) is 18.4 Å². The Kier molecular flexibility index (Phi) is 5.18. The van der Waals surface area contributed by atoms with Crippen LogP contribution in [0.1, 0.15) is 29.5 Å². The Bertz CT molecular complexity index is 1290. The van der Waals surface area contributed by atoms with E-state index < -0.39 is 5.76 Å². The van der Waals surface area contributed by atoms with Crippen LogP contribution in [0, 0.1) is 5.92 Å². The highest BCUT2D eigenvalue weighted by atomic mass is 16.5. The third-order valence-corrected chi connectivity index (χ3v) is 6.11. The van der Waals surface area contributed by atoms with Gasteiger partial charge in [-0.05, 0) is 37.3 Å². The van der Waals surface area contributed by atoms with Crippen molar-refractivity contribution in [3.8, 4) is 22.6 Å². The van der Waals surface area contributed by atoms with Gasteiger partial charge < -0.3 is 9.42 Å². The van der Waals surface area contributed by atoms with Crippen molar-refractivity contribution in [1.82, 2.24) is 20.2 Å². The van der Waals surface area contributed by atoms with Gasteiger partial charge in [0.1, 0.15) is 5.69 Å². The first-order valence-electron chi connectivity index (χ1n) is 10.6. The number of rotatable bonds is 5. The Labute approximate surface area is 183 Å². The van der Waals surface area contributed by atoms with Crippen LogP contribution in [0.15, 0.2) is 74.5 Å². The first-order valence-corrected chi connectivity index (χ1v) is 10.6. The lowest BCUT2D eigenvalue weighted by Gasteiger charge is -2.23. The van der Waals surface area contributed by atoms with E-state index in [9.17, 15) is 9.59 Å². The van der Waals surface area contributed by atoms with Crippen LogP contribution in [-0.2, 0) is 6.42 Å². The monoisotopic (exact) mass is 430 g/mol. The number of H-pyrrole nitrogens is 1. The minimum atomic E-state index is -0.620. The maximum Gasteiger partial charge on any atom is 0.439 e. The molecule has 2 unspecified atom stereocenters. The van der Waals surface area contributed by atoms with Gasteiger partial charge in [-0.25, -0.2) is 4.79 Å². The summed E-state index contributed by atoms with van der Waals surface area (Å²) < 4.78 is 9.98. The van der Waals surface area contributed by atoms with Crippen LogP contribution >= 0.6 is 0 Å². The molecule has 32 heavy (non-hydrogen) atoms. The number of likely N-dealkylation sites (tertiary alicyclic amines) is 1. The molecule has 2 aromatic carbocycles. The number of carbonyl (C=O) groups excluding carboxylic acids is 1. The summed E-state index contributed by atoms with van der Waals surface area (Å²) in [6, 6.07) is 19.4. The molecular formula is C24H22N4O4. The molecule has 1 saturated heterocycles. The Morgan fingerprint density at radius 1 is 1.06 bits per heavy atom. The number of aromatic amines is 1. The molecule has 1 fully saturated rings. The summed E-state index contributed by atoms with van der Waals surface area (Å²) >= 11 is 0. The summed E-state index contributed by atoms with van der Waals surface area (Å²) in [5.74, 6) is 0.179. The SMILES string of the molecule is CC1C(Cc2ccccc2)CCN1C(=O)c1cc(-c2cccc(-c3noc(=O)[nH]3)c2)no1. The van der Waals surface area contributed by atoms with Crippen molar-refractivity contribution in [1.29, 1.82) is 0 Å². The predicted molar refractivity (Wildman–Crippen MR) is 117 cm³/mol. The van der Waals surface area contributed by atoms with Gasteiger partial charge in [-0.3, -0.25) is 14.3 Å². The van der Waals surface area contributed by atoms with Crippen LogP contribution in [0.25, 0.3) is 22.6 Å². The fraction of sp³-hybridized carbons (Fsp3) is 0.250. The van der Waals surface area contributed by atoms with E-state index in [0.29, 0.717) is 29.5 Å². The second-order valence-corrected chi connectivity index (χ2v) is 8.08. The molecule has 0 bridgehead atoms. The molecule has 1 aliphatic rings. The molecule has 8 heteroatoms. The van der Waals surface area contributed by atoms with E-state index in [-0.39, 0.29) is 17.7 Å². The van der Waals surface area contributed by atoms with Crippen molar-refractivity contribution < 1.29 is 13.8 Å². The second-order valence-electron chi connectivity index (χ2n) is 8.08. The summed E-state index contributed by atoms with van der Waals surface area (Å²) in [7, 11) is 0. The van der Waals surface area contributed by atoms with Crippen molar-refractivity contribution in [2.24, 2.45) is 5.92 Å². The topological polar surface area (TPSA) is 105 Å². The van der Waals surface area contributed by atoms with Gasteiger partial charge in [0, 0.05) is 29.8 Å². The minimum Gasteiger partial charge on any atom is -0.350 e. The van der Waals surface area contributed by atoms with E-state index in [1.165, 1.54) is 5.56 Å². The largest absolute Gasteiger partial charge is 0.439 e. The highest BCUT2D eigenvalue weighted by molar-refractivity contribution is 5.93. The molecule has 0 radical (unpaired) electrons. The Morgan fingerprint density at radius 2 is 1.88 bits per heavy atom. The Hall–Kier alpha value is -3.94. The number of nitrogens with one attached hydrogen (secondary N) is 1. The number of benzene rings is 2. The maximum atomic E-state index is 13.1. The van der Waals surface area contributed by atoms with Gasteiger partial charge in [0.05, 0.1) is 0 Å². The van der Waals surface area contributed by atoms with Crippen LogP contribution in [-0.4, -0.2) is 38.7 Å². The molecule has 2 atom stereocenters. The van der Waals surface area contributed by atoms with Gasteiger partial charge in [0.15, 0.2) is 5.82 Å². The van der Waals surface area contributed by atoms with Crippen molar-refractivity contribution in [3.63, 3.8) is 0 Å². The number of nitrogens with zero attached hydrogens (tertiary/aromatic N) is 3. The lowest BCUT2D eigenvalue weighted by atomic mass is 9.93. The lowest BCUT2D eigenvalue weighted by molar-refractivity contribution is 0.0690. The summed E-state index contributed by atoms with van der Waals surface area (Å²) in [5, 5.41) is 7.80. The predicted octanol–water partition coefficient (Wildman–Crippen LogP) is 3.78.